The van der Waals surface area contributed by atoms with Crippen LogP contribution in [0.15, 0.2) is 6.07 Å². The Kier molecular flexibility index (Phi) is 5.34. The average Bonchev–Trinajstić information content (AvgIpc) is 2.24. The van der Waals surface area contributed by atoms with E-state index in [-0.39, 0.29) is 12.1 Å². The van der Waals surface area contributed by atoms with Crippen molar-refractivity contribution in [1.29, 1.82) is 0 Å². The second kappa shape index (κ2) is 6.54. The van der Waals surface area contributed by atoms with Crippen LogP contribution in [0.1, 0.15) is 39.3 Å². The van der Waals surface area contributed by atoms with Crippen molar-refractivity contribution < 1.29 is 9.84 Å². The van der Waals surface area contributed by atoms with E-state index in [1.807, 2.05) is 26.8 Å². The molecule has 0 atom stereocenters. The first-order chi connectivity index (χ1) is 8.46. The second-order valence-electron chi connectivity index (χ2n) is 5.00. The Hall–Kier alpha value is -1.36. The summed E-state index contributed by atoms with van der Waals surface area (Å²) in [5.41, 5.74) is 0.614. The molecule has 0 unspecified atom stereocenters. The molecule has 5 nitrogen and oxygen atoms in total. The molecule has 0 aliphatic carbocycles. The van der Waals surface area contributed by atoms with Crippen molar-refractivity contribution >= 4 is 5.95 Å². The molecule has 102 valence electrons. The number of rotatable bonds is 7. The van der Waals surface area contributed by atoms with Crippen LogP contribution in [0.2, 0.25) is 0 Å². The minimum atomic E-state index is -0.245. The number of aliphatic hydroxyl groups excluding tert-OH is 1. The number of aromatic nitrogens is 2. The van der Waals surface area contributed by atoms with Gasteiger partial charge in [0.1, 0.15) is 0 Å². The third-order valence-electron chi connectivity index (χ3n) is 2.47. The molecule has 0 amide bonds. The highest BCUT2D eigenvalue weighted by atomic mass is 16.5. The molecular weight excluding hydrogens is 230 g/mol. The number of aliphatic hydroxyl groups is 1. The van der Waals surface area contributed by atoms with Gasteiger partial charge in [-0.1, -0.05) is 6.92 Å². The molecule has 18 heavy (non-hydrogen) atoms. The van der Waals surface area contributed by atoms with E-state index in [9.17, 15) is 0 Å². The predicted octanol–water partition coefficient (Wildman–Crippen LogP) is 2.15. The van der Waals surface area contributed by atoms with Gasteiger partial charge >= 0.3 is 0 Å². The number of hydrogen-bond donors (Lipinski definition) is 2. The van der Waals surface area contributed by atoms with Crippen molar-refractivity contribution in [2.75, 3.05) is 18.5 Å². The maximum absolute atomic E-state index is 9.00. The fourth-order valence-electron chi connectivity index (χ4n) is 1.52. The van der Waals surface area contributed by atoms with Gasteiger partial charge in [-0.2, -0.15) is 4.98 Å². The Balaban J connectivity index is 2.79. The van der Waals surface area contributed by atoms with Crippen LogP contribution in [0, 0.1) is 6.92 Å². The minimum absolute atomic E-state index is 0.130. The summed E-state index contributed by atoms with van der Waals surface area (Å²) in [6.45, 7) is 8.74. The van der Waals surface area contributed by atoms with Crippen LogP contribution >= 0.6 is 0 Å². The molecule has 0 spiro atoms. The van der Waals surface area contributed by atoms with Crippen molar-refractivity contribution in [3.63, 3.8) is 0 Å². The molecule has 1 aromatic rings. The van der Waals surface area contributed by atoms with Crippen molar-refractivity contribution in [3.05, 3.63) is 11.8 Å². The molecule has 0 bridgehead atoms. The average molecular weight is 253 g/mol. The molecule has 1 rings (SSSR count). The lowest BCUT2D eigenvalue weighted by Crippen LogP contribution is -2.33. The predicted molar refractivity (Wildman–Crippen MR) is 72.0 cm³/mol. The molecule has 5 heteroatoms. The Morgan fingerprint density at radius 3 is 2.72 bits per heavy atom. The number of anilines is 1. The molecule has 2 N–H and O–H groups in total. The summed E-state index contributed by atoms with van der Waals surface area (Å²) in [6, 6.07) is 1.82. The zero-order valence-electron chi connectivity index (χ0n) is 11.7. The normalized spacial score (nSPS) is 11.4. The lowest BCUT2D eigenvalue weighted by atomic mass is 10.0. The summed E-state index contributed by atoms with van der Waals surface area (Å²) in [4.78, 5) is 8.64. The fourth-order valence-corrected chi connectivity index (χ4v) is 1.52. The monoisotopic (exact) mass is 253 g/mol. The molecule has 1 heterocycles. The SMILES string of the molecule is CCCOc1cc(C)nc(NC(C)(C)CCO)n1. The number of nitrogens with one attached hydrogen (secondary N) is 1. The first kappa shape index (κ1) is 14.7. The van der Waals surface area contributed by atoms with Gasteiger partial charge in [0.25, 0.3) is 0 Å². The Morgan fingerprint density at radius 1 is 1.39 bits per heavy atom. The van der Waals surface area contributed by atoms with Crippen LogP contribution in [0.5, 0.6) is 5.88 Å². The zero-order valence-corrected chi connectivity index (χ0v) is 11.7. The molecule has 0 saturated heterocycles. The van der Waals surface area contributed by atoms with Crippen molar-refractivity contribution in [3.8, 4) is 5.88 Å². The molecule has 0 saturated carbocycles. The number of aryl methyl sites for hydroxylation is 1. The van der Waals surface area contributed by atoms with Gasteiger partial charge in [-0.25, -0.2) is 4.98 Å². The van der Waals surface area contributed by atoms with E-state index in [0.717, 1.165) is 12.1 Å². The number of ether oxygens (including phenoxy) is 1. The van der Waals surface area contributed by atoms with Crippen LogP contribution in [0.3, 0.4) is 0 Å². The first-order valence-corrected chi connectivity index (χ1v) is 6.34. The van der Waals surface area contributed by atoms with Gasteiger partial charge in [0, 0.05) is 23.9 Å². The van der Waals surface area contributed by atoms with Gasteiger partial charge in [0.05, 0.1) is 6.61 Å². The molecule has 0 aliphatic heterocycles. The van der Waals surface area contributed by atoms with Crippen LogP contribution in [0.25, 0.3) is 0 Å². The fraction of sp³-hybridized carbons (Fsp3) is 0.692. The van der Waals surface area contributed by atoms with Gasteiger partial charge in [0.15, 0.2) is 0 Å². The van der Waals surface area contributed by atoms with E-state index in [4.69, 9.17) is 9.84 Å². The van der Waals surface area contributed by atoms with Gasteiger partial charge in [-0.3, -0.25) is 0 Å². The molecule has 0 radical (unpaired) electrons. The Morgan fingerprint density at radius 2 is 2.11 bits per heavy atom. The van der Waals surface area contributed by atoms with E-state index < -0.39 is 0 Å². The lowest BCUT2D eigenvalue weighted by molar-refractivity contribution is 0.260. The third kappa shape index (κ3) is 4.87. The summed E-state index contributed by atoms with van der Waals surface area (Å²) in [5.74, 6) is 1.13. The van der Waals surface area contributed by atoms with E-state index in [1.165, 1.54) is 0 Å². The van der Waals surface area contributed by atoms with Crippen molar-refractivity contribution in [2.45, 2.75) is 46.1 Å². The first-order valence-electron chi connectivity index (χ1n) is 6.34. The highest BCUT2D eigenvalue weighted by Crippen LogP contribution is 2.18. The van der Waals surface area contributed by atoms with Crippen LogP contribution in [0.4, 0.5) is 5.95 Å². The summed E-state index contributed by atoms with van der Waals surface area (Å²) in [7, 11) is 0. The summed E-state index contributed by atoms with van der Waals surface area (Å²) in [6.07, 6.45) is 1.58. The molecular formula is C13H23N3O2. The smallest absolute Gasteiger partial charge is 0.226 e. The van der Waals surface area contributed by atoms with E-state index in [0.29, 0.717) is 24.9 Å². The Labute approximate surface area is 109 Å². The quantitative estimate of drug-likeness (QED) is 0.779. The molecule has 1 aromatic heterocycles. The highest BCUT2D eigenvalue weighted by molar-refractivity contribution is 5.33. The molecule has 0 aliphatic rings. The van der Waals surface area contributed by atoms with Crippen molar-refractivity contribution in [2.24, 2.45) is 0 Å². The maximum Gasteiger partial charge on any atom is 0.226 e. The van der Waals surface area contributed by atoms with Crippen LogP contribution in [-0.2, 0) is 0 Å². The zero-order chi connectivity index (χ0) is 13.6. The highest BCUT2D eigenvalue weighted by Gasteiger charge is 2.18. The van der Waals surface area contributed by atoms with Crippen LogP contribution in [-0.4, -0.2) is 33.8 Å². The standard InChI is InChI=1S/C13H23N3O2/c1-5-8-18-11-9-10(2)14-12(15-11)16-13(3,4)6-7-17/h9,17H,5-8H2,1-4H3,(H,14,15,16). The largest absolute Gasteiger partial charge is 0.478 e. The maximum atomic E-state index is 9.00. The van der Waals surface area contributed by atoms with Gasteiger partial charge in [-0.15, -0.1) is 0 Å². The van der Waals surface area contributed by atoms with E-state index >= 15 is 0 Å². The van der Waals surface area contributed by atoms with E-state index in [2.05, 4.69) is 22.2 Å². The topological polar surface area (TPSA) is 67.3 Å². The van der Waals surface area contributed by atoms with E-state index in [1.54, 1.807) is 0 Å². The van der Waals surface area contributed by atoms with Crippen molar-refractivity contribution in [1.82, 2.24) is 9.97 Å². The summed E-state index contributed by atoms with van der Waals surface area (Å²) < 4.78 is 5.51. The van der Waals surface area contributed by atoms with Crippen LogP contribution < -0.4 is 10.1 Å². The summed E-state index contributed by atoms with van der Waals surface area (Å²) >= 11 is 0. The number of hydrogen-bond acceptors (Lipinski definition) is 5. The Bertz CT molecular complexity index is 380. The second-order valence-corrected chi connectivity index (χ2v) is 5.00. The summed E-state index contributed by atoms with van der Waals surface area (Å²) in [5, 5.41) is 12.2. The lowest BCUT2D eigenvalue weighted by Gasteiger charge is -2.25. The molecule has 0 fully saturated rings. The van der Waals surface area contributed by atoms with Gasteiger partial charge < -0.3 is 15.2 Å². The van der Waals surface area contributed by atoms with Gasteiger partial charge in [0.2, 0.25) is 11.8 Å². The number of nitrogens with zero attached hydrogens (tertiary/aromatic N) is 2. The van der Waals surface area contributed by atoms with Gasteiger partial charge in [-0.05, 0) is 33.6 Å². The minimum Gasteiger partial charge on any atom is -0.478 e. The molecule has 0 aromatic carbocycles. The third-order valence-corrected chi connectivity index (χ3v) is 2.47.